The van der Waals surface area contributed by atoms with Gasteiger partial charge in [0.25, 0.3) is 0 Å². The summed E-state index contributed by atoms with van der Waals surface area (Å²) in [5.41, 5.74) is 6.19. The van der Waals surface area contributed by atoms with E-state index in [4.69, 9.17) is 15.7 Å². The normalized spacial score (nSPS) is 11.8. The summed E-state index contributed by atoms with van der Waals surface area (Å²) in [6.07, 6.45) is 0.653. The summed E-state index contributed by atoms with van der Waals surface area (Å²) in [6, 6.07) is 8.33. The molecule has 1 aromatic rings. The van der Waals surface area contributed by atoms with Crippen LogP contribution in [0.2, 0.25) is 0 Å². The fraction of sp³-hybridized carbons (Fsp3) is 0.385. The number of hydrogen-bond donors (Lipinski definition) is 2. The van der Waals surface area contributed by atoms with Crippen molar-refractivity contribution in [3.63, 3.8) is 0 Å². The highest BCUT2D eigenvalue weighted by Gasteiger charge is 2.12. The highest BCUT2D eigenvalue weighted by molar-refractivity contribution is 5.73. The minimum absolute atomic E-state index is 0.0791. The Morgan fingerprint density at radius 2 is 1.95 bits per heavy atom. The molecule has 0 aliphatic rings. The molecular weight excluding hydrogens is 250 g/mol. The minimum atomic E-state index is -1.08. The number of aliphatic carboxylic acids is 1. The number of rotatable bonds is 8. The van der Waals surface area contributed by atoms with Crippen LogP contribution < -0.4 is 5.73 Å². The molecule has 0 unspecified atom stereocenters. The van der Waals surface area contributed by atoms with E-state index in [1.54, 1.807) is 0 Å². The summed E-state index contributed by atoms with van der Waals surface area (Å²) in [6.45, 7) is 0.182. The quantitative estimate of drug-likeness (QED) is 0.543. The molecule has 1 rings (SSSR count). The van der Waals surface area contributed by atoms with E-state index in [0.29, 0.717) is 6.42 Å². The van der Waals surface area contributed by atoms with E-state index in [2.05, 4.69) is 4.89 Å². The number of hydrogen-bond acceptors (Lipinski definition) is 5. The Balaban J connectivity index is 2.10. The number of carbonyl (C=O) groups is 2. The molecule has 0 fully saturated rings. The standard InChI is InChI=1S/C13H17NO5/c14-11(13(16)17)7-4-8-12(15)19-18-9-10-5-2-1-3-6-10/h1-3,5-6,11H,4,7-9,14H2,(H,16,17)/t11-/m0/s1. The molecule has 0 bridgehead atoms. The van der Waals surface area contributed by atoms with Crippen molar-refractivity contribution in [1.82, 2.24) is 0 Å². The molecule has 0 saturated heterocycles. The third-order valence-electron chi connectivity index (χ3n) is 2.43. The molecule has 0 aliphatic heterocycles. The van der Waals surface area contributed by atoms with Gasteiger partial charge in [-0.15, -0.1) is 0 Å². The van der Waals surface area contributed by atoms with Crippen LogP contribution in [0.4, 0.5) is 0 Å². The molecule has 1 atom stereocenters. The number of carboxylic acid groups (broad SMARTS) is 1. The van der Waals surface area contributed by atoms with Crippen LogP contribution in [0.3, 0.4) is 0 Å². The van der Waals surface area contributed by atoms with E-state index in [9.17, 15) is 9.59 Å². The Morgan fingerprint density at radius 1 is 1.26 bits per heavy atom. The van der Waals surface area contributed by atoms with Crippen LogP contribution in [-0.2, 0) is 26.0 Å². The van der Waals surface area contributed by atoms with Crippen molar-refractivity contribution in [3.8, 4) is 0 Å². The number of carbonyl (C=O) groups excluding carboxylic acids is 1. The third kappa shape index (κ3) is 6.54. The molecular formula is C13H17NO5. The van der Waals surface area contributed by atoms with Gasteiger partial charge in [-0.2, -0.15) is 4.89 Å². The second-order valence-corrected chi connectivity index (χ2v) is 4.04. The summed E-state index contributed by atoms with van der Waals surface area (Å²) in [5.74, 6) is -1.61. The Kier molecular flexibility index (Phi) is 6.56. The van der Waals surface area contributed by atoms with Gasteiger partial charge in [0.1, 0.15) is 12.6 Å². The van der Waals surface area contributed by atoms with E-state index in [1.165, 1.54) is 0 Å². The third-order valence-corrected chi connectivity index (χ3v) is 2.43. The summed E-state index contributed by atoms with van der Waals surface area (Å²) in [5, 5.41) is 8.55. The van der Waals surface area contributed by atoms with Gasteiger partial charge < -0.3 is 10.8 Å². The number of nitrogens with two attached hydrogens (primary N) is 1. The van der Waals surface area contributed by atoms with Crippen molar-refractivity contribution < 1.29 is 24.5 Å². The van der Waals surface area contributed by atoms with Gasteiger partial charge in [0.05, 0.1) is 0 Å². The first-order chi connectivity index (χ1) is 9.09. The van der Waals surface area contributed by atoms with Gasteiger partial charge in [-0.25, -0.2) is 4.79 Å². The van der Waals surface area contributed by atoms with Crippen molar-refractivity contribution >= 4 is 11.9 Å². The Morgan fingerprint density at radius 3 is 2.58 bits per heavy atom. The molecule has 0 spiro atoms. The van der Waals surface area contributed by atoms with Crippen molar-refractivity contribution in [2.24, 2.45) is 5.73 Å². The zero-order valence-electron chi connectivity index (χ0n) is 10.5. The molecule has 3 N–H and O–H groups in total. The summed E-state index contributed by atoms with van der Waals surface area (Å²) < 4.78 is 0. The summed E-state index contributed by atoms with van der Waals surface area (Å²) >= 11 is 0. The lowest BCUT2D eigenvalue weighted by Crippen LogP contribution is -2.29. The predicted molar refractivity (Wildman–Crippen MR) is 66.8 cm³/mol. The first-order valence-electron chi connectivity index (χ1n) is 5.94. The van der Waals surface area contributed by atoms with Gasteiger partial charge in [-0.1, -0.05) is 30.3 Å². The van der Waals surface area contributed by atoms with E-state index in [1.807, 2.05) is 30.3 Å². The van der Waals surface area contributed by atoms with Crippen molar-refractivity contribution in [2.75, 3.05) is 0 Å². The van der Waals surface area contributed by atoms with Gasteiger partial charge in [-0.3, -0.25) is 9.68 Å². The molecule has 0 saturated carbocycles. The predicted octanol–water partition coefficient (Wildman–Crippen LogP) is 1.24. The maximum atomic E-state index is 11.2. The Hall–Kier alpha value is -1.92. The van der Waals surface area contributed by atoms with Crippen molar-refractivity contribution in [1.29, 1.82) is 0 Å². The Labute approximate surface area is 111 Å². The highest BCUT2D eigenvalue weighted by atomic mass is 17.2. The van der Waals surface area contributed by atoms with Crippen LogP contribution in [0, 0.1) is 0 Å². The minimum Gasteiger partial charge on any atom is -0.480 e. The van der Waals surface area contributed by atoms with Crippen LogP contribution in [0.15, 0.2) is 30.3 Å². The van der Waals surface area contributed by atoms with E-state index in [0.717, 1.165) is 5.56 Å². The summed E-state index contributed by atoms with van der Waals surface area (Å²) in [4.78, 5) is 31.0. The lowest BCUT2D eigenvalue weighted by molar-refractivity contribution is -0.280. The number of carboxylic acids is 1. The summed E-state index contributed by atoms with van der Waals surface area (Å²) in [7, 11) is 0. The molecule has 0 amide bonds. The van der Waals surface area contributed by atoms with Crippen LogP contribution >= 0.6 is 0 Å². The SMILES string of the molecule is N[C@@H](CCCC(=O)OOCc1ccccc1)C(=O)O. The first-order valence-corrected chi connectivity index (χ1v) is 5.94. The van der Waals surface area contributed by atoms with Gasteiger partial charge in [0.2, 0.25) is 0 Å². The molecule has 19 heavy (non-hydrogen) atoms. The van der Waals surface area contributed by atoms with E-state index < -0.39 is 18.0 Å². The monoisotopic (exact) mass is 267 g/mol. The van der Waals surface area contributed by atoms with Crippen molar-refractivity contribution in [3.05, 3.63) is 35.9 Å². The molecule has 6 nitrogen and oxygen atoms in total. The molecule has 0 aromatic heterocycles. The molecule has 0 radical (unpaired) electrons. The average Bonchev–Trinajstić information content (AvgIpc) is 2.39. The maximum Gasteiger partial charge on any atom is 0.342 e. The largest absolute Gasteiger partial charge is 0.480 e. The van der Waals surface area contributed by atoms with Gasteiger partial charge >= 0.3 is 11.9 Å². The smallest absolute Gasteiger partial charge is 0.342 e. The van der Waals surface area contributed by atoms with Gasteiger partial charge in [-0.05, 0) is 18.4 Å². The van der Waals surface area contributed by atoms with Gasteiger partial charge in [0.15, 0.2) is 0 Å². The fourth-order valence-corrected chi connectivity index (χ4v) is 1.37. The van der Waals surface area contributed by atoms with Crippen LogP contribution in [0.1, 0.15) is 24.8 Å². The van der Waals surface area contributed by atoms with E-state index in [-0.39, 0.29) is 19.4 Å². The number of benzene rings is 1. The Bertz CT molecular complexity index is 407. The van der Waals surface area contributed by atoms with Crippen LogP contribution in [0.5, 0.6) is 0 Å². The zero-order valence-corrected chi connectivity index (χ0v) is 10.5. The van der Waals surface area contributed by atoms with Crippen LogP contribution in [-0.4, -0.2) is 23.1 Å². The van der Waals surface area contributed by atoms with E-state index >= 15 is 0 Å². The van der Waals surface area contributed by atoms with Crippen molar-refractivity contribution in [2.45, 2.75) is 31.9 Å². The molecule has 104 valence electrons. The average molecular weight is 267 g/mol. The second-order valence-electron chi connectivity index (χ2n) is 4.04. The highest BCUT2D eigenvalue weighted by Crippen LogP contribution is 2.04. The molecule has 0 aliphatic carbocycles. The van der Waals surface area contributed by atoms with Crippen LogP contribution in [0.25, 0.3) is 0 Å². The van der Waals surface area contributed by atoms with Gasteiger partial charge in [0, 0.05) is 6.42 Å². The molecule has 6 heteroatoms. The second kappa shape index (κ2) is 8.23. The lowest BCUT2D eigenvalue weighted by Gasteiger charge is -2.06. The molecule has 0 heterocycles. The molecule has 1 aromatic carbocycles. The maximum absolute atomic E-state index is 11.2. The lowest BCUT2D eigenvalue weighted by atomic mass is 10.1. The first kappa shape index (κ1) is 15.1. The fourth-order valence-electron chi connectivity index (χ4n) is 1.37. The topological polar surface area (TPSA) is 98.9 Å². The zero-order chi connectivity index (χ0) is 14.1.